The third kappa shape index (κ3) is 8.83. The highest BCUT2D eigenvalue weighted by Crippen LogP contribution is 1.96. The molecule has 4 heteroatoms. The molecule has 0 aromatic rings. The number of terminal acetylenes is 2. The van der Waals surface area contributed by atoms with Gasteiger partial charge in [-0.15, -0.1) is 12.8 Å². The molecule has 0 rings (SSSR count). The van der Waals surface area contributed by atoms with Gasteiger partial charge in [-0.05, 0) is 0 Å². The number of carbonyl (C=O) groups is 1. The van der Waals surface area contributed by atoms with Gasteiger partial charge in [-0.25, -0.2) is 0 Å². The summed E-state index contributed by atoms with van der Waals surface area (Å²) >= 11 is 0. The lowest BCUT2D eigenvalue weighted by Gasteiger charge is -2.15. The second kappa shape index (κ2) is 9.08. The maximum Gasteiger partial charge on any atom is 0.303 e. The first kappa shape index (κ1) is 13.5. The van der Waals surface area contributed by atoms with E-state index in [1.54, 1.807) is 0 Å². The Balaban J connectivity index is 3.80. The van der Waals surface area contributed by atoms with E-state index in [0.29, 0.717) is 0 Å². The molecule has 0 aromatic heterocycles. The zero-order valence-corrected chi connectivity index (χ0v) is 8.69. The molecule has 0 atom stereocenters. The first-order chi connectivity index (χ1) is 7.20. The first-order valence-electron chi connectivity index (χ1n) is 4.40. The van der Waals surface area contributed by atoms with E-state index in [1.165, 1.54) is 6.92 Å². The van der Waals surface area contributed by atoms with Gasteiger partial charge in [-0.1, -0.05) is 11.8 Å². The van der Waals surface area contributed by atoms with E-state index in [2.05, 4.69) is 11.8 Å². The molecule has 0 aromatic carbocycles. The van der Waals surface area contributed by atoms with Crippen LogP contribution in [-0.2, 0) is 19.0 Å². The lowest BCUT2D eigenvalue weighted by Crippen LogP contribution is -2.27. The summed E-state index contributed by atoms with van der Waals surface area (Å²) in [6.45, 7) is 2.07. The summed E-state index contributed by atoms with van der Waals surface area (Å²) in [7, 11) is 0. The highest BCUT2D eigenvalue weighted by molar-refractivity contribution is 5.66. The average molecular weight is 210 g/mol. The summed E-state index contributed by atoms with van der Waals surface area (Å²) in [6, 6.07) is 0. The molecule has 15 heavy (non-hydrogen) atoms. The Morgan fingerprint density at radius 1 is 1.20 bits per heavy atom. The Kier molecular flexibility index (Phi) is 8.18. The minimum absolute atomic E-state index is 0.174. The molecule has 0 aliphatic rings. The van der Waals surface area contributed by atoms with Gasteiger partial charge >= 0.3 is 5.97 Å². The SMILES string of the molecule is C#CCOCC(COCC#C)OC(C)=O. The molecular weight excluding hydrogens is 196 g/mol. The topological polar surface area (TPSA) is 44.8 Å². The van der Waals surface area contributed by atoms with Crippen molar-refractivity contribution in [2.24, 2.45) is 0 Å². The monoisotopic (exact) mass is 210 g/mol. The number of esters is 1. The molecule has 0 amide bonds. The van der Waals surface area contributed by atoms with Crippen molar-refractivity contribution in [2.75, 3.05) is 26.4 Å². The van der Waals surface area contributed by atoms with E-state index in [0.717, 1.165) is 0 Å². The molecule has 0 saturated carbocycles. The van der Waals surface area contributed by atoms with Crippen LogP contribution in [0.25, 0.3) is 0 Å². The minimum atomic E-state index is -0.468. The van der Waals surface area contributed by atoms with Gasteiger partial charge in [0.1, 0.15) is 19.3 Å². The fourth-order valence-electron chi connectivity index (χ4n) is 0.849. The van der Waals surface area contributed by atoms with Crippen molar-refractivity contribution < 1.29 is 19.0 Å². The molecule has 0 heterocycles. The van der Waals surface area contributed by atoms with Crippen LogP contribution in [0.15, 0.2) is 0 Å². The fourth-order valence-corrected chi connectivity index (χ4v) is 0.849. The molecular formula is C11H14O4. The number of hydrogen-bond donors (Lipinski definition) is 0. The summed E-state index contributed by atoms with van der Waals surface area (Å²) in [6.07, 6.45) is 9.53. The van der Waals surface area contributed by atoms with Crippen molar-refractivity contribution in [1.29, 1.82) is 0 Å². The van der Waals surface area contributed by atoms with Crippen LogP contribution in [0.5, 0.6) is 0 Å². The van der Waals surface area contributed by atoms with Crippen LogP contribution < -0.4 is 0 Å². The lowest BCUT2D eigenvalue weighted by molar-refractivity contribution is -0.152. The smallest absolute Gasteiger partial charge is 0.303 e. The molecule has 82 valence electrons. The number of rotatable bonds is 7. The predicted molar refractivity (Wildman–Crippen MR) is 54.9 cm³/mol. The van der Waals surface area contributed by atoms with Crippen LogP contribution in [0.2, 0.25) is 0 Å². The summed E-state index contributed by atoms with van der Waals surface area (Å²) in [5.41, 5.74) is 0. The fraction of sp³-hybridized carbons (Fsp3) is 0.545. The Morgan fingerprint density at radius 2 is 1.67 bits per heavy atom. The third-order valence-corrected chi connectivity index (χ3v) is 1.31. The molecule has 0 aliphatic heterocycles. The van der Waals surface area contributed by atoms with E-state index in [1.807, 2.05) is 0 Å². The van der Waals surface area contributed by atoms with Crippen LogP contribution in [0.1, 0.15) is 6.92 Å². The van der Waals surface area contributed by atoms with Crippen LogP contribution in [0.4, 0.5) is 0 Å². The number of ether oxygens (including phenoxy) is 3. The average Bonchev–Trinajstić information content (AvgIpc) is 2.17. The minimum Gasteiger partial charge on any atom is -0.458 e. The maximum atomic E-state index is 10.7. The van der Waals surface area contributed by atoms with E-state index in [9.17, 15) is 4.79 Å². The molecule has 0 bridgehead atoms. The normalized spacial score (nSPS) is 9.33. The molecule has 0 saturated heterocycles. The van der Waals surface area contributed by atoms with Gasteiger partial charge in [0.25, 0.3) is 0 Å². The molecule has 0 unspecified atom stereocenters. The van der Waals surface area contributed by atoms with Crippen molar-refractivity contribution in [2.45, 2.75) is 13.0 Å². The molecule has 4 nitrogen and oxygen atoms in total. The summed E-state index contributed by atoms with van der Waals surface area (Å²) in [5, 5.41) is 0. The Labute approximate surface area is 89.9 Å². The quantitative estimate of drug-likeness (QED) is 0.342. The summed E-state index contributed by atoms with van der Waals surface area (Å²) in [5.74, 6) is 4.22. The summed E-state index contributed by atoms with van der Waals surface area (Å²) in [4.78, 5) is 10.7. The Bertz CT molecular complexity index is 239. The standard InChI is InChI=1S/C11H14O4/c1-4-6-13-8-11(15-10(3)12)9-14-7-5-2/h1-2,11H,6-9H2,3H3. The van der Waals surface area contributed by atoms with Gasteiger partial charge in [0, 0.05) is 6.92 Å². The second-order valence-electron chi connectivity index (χ2n) is 2.67. The highest BCUT2D eigenvalue weighted by Gasteiger charge is 2.12. The zero-order valence-electron chi connectivity index (χ0n) is 8.69. The van der Waals surface area contributed by atoms with Crippen molar-refractivity contribution in [3.63, 3.8) is 0 Å². The molecule has 0 fully saturated rings. The van der Waals surface area contributed by atoms with Crippen LogP contribution in [0.3, 0.4) is 0 Å². The number of hydrogen-bond acceptors (Lipinski definition) is 4. The molecule has 0 radical (unpaired) electrons. The highest BCUT2D eigenvalue weighted by atomic mass is 16.6. The largest absolute Gasteiger partial charge is 0.458 e. The molecule has 0 N–H and O–H groups in total. The van der Waals surface area contributed by atoms with E-state index >= 15 is 0 Å². The Hall–Kier alpha value is -1.49. The van der Waals surface area contributed by atoms with Crippen LogP contribution in [0, 0.1) is 24.7 Å². The maximum absolute atomic E-state index is 10.7. The number of carbonyl (C=O) groups excluding carboxylic acids is 1. The summed E-state index contributed by atoms with van der Waals surface area (Å²) < 4.78 is 15.0. The molecule has 0 spiro atoms. The van der Waals surface area contributed by atoms with E-state index in [4.69, 9.17) is 27.1 Å². The van der Waals surface area contributed by atoms with Gasteiger partial charge in [0.05, 0.1) is 13.2 Å². The van der Waals surface area contributed by atoms with Crippen LogP contribution >= 0.6 is 0 Å². The van der Waals surface area contributed by atoms with Crippen molar-refractivity contribution >= 4 is 5.97 Å². The van der Waals surface area contributed by atoms with Gasteiger partial charge < -0.3 is 14.2 Å². The van der Waals surface area contributed by atoms with Gasteiger partial charge in [0.15, 0.2) is 0 Å². The van der Waals surface area contributed by atoms with Gasteiger partial charge in [-0.2, -0.15) is 0 Å². The van der Waals surface area contributed by atoms with Gasteiger partial charge in [-0.3, -0.25) is 4.79 Å². The van der Waals surface area contributed by atoms with E-state index in [-0.39, 0.29) is 26.4 Å². The third-order valence-electron chi connectivity index (χ3n) is 1.31. The van der Waals surface area contributed by atoms with E-state index < -0.39 is 12.1 Å². The molecule has 0 aliphatic carbocycles. The van der Waals surface area contributed by atoms with Gasteiger partial charge in [0.2, 0.25) is 0 Å². The second-order valence-corrected chi connectivity index (χ2v) is 2.67. The van der Waals surface area contributed by atoms with Crippen molar-refractivity contribution in [3.8, 4) is 24.7 Å². The predicted octanol–water partition coefficient (Wildman–Crippen LogP) is 0.218. The first-order valence-corrected chi connectivity index (χ1v) is 4.40. The van der Waals surface area contributed by atoms with Crippen LogP contribution in [-0.4, -0.2) is 38.5 Å². The zero-order chi connectivity index (χ0) is 11.5. The van der Waals surface area contributed by atoms with Crippen molar-refractivity contribution in [1.82, 2.24) is 0 Å². The lowest BCUT2D eigenvalue weighted by atomic mass is 10.4. The Morgan fingerprint density at radius 3 is 2.00 bits per heavy atom. The van der Waals surface area contributed by atoms with Crippen molar-refractivity contribution in [3.05, 3.63) is 0 Å².